The first-order chi connectivity index (χ1) is 20.9. The monoisotopic (exact) mass is 629 g/mol. The lowest BCUT2D eigenvalue weighted by atomic mass is 9.81. The van der Waals surface area contributed by atoms with Crippen molar-refractivity contribution in [3.8, 4) is 17.0 Å². The number of carbonyl (C=O) groups is 1. The summed E-state index contributed by atoms with van der Waals surface area (Å²) in [5.41, 5.74) is 5.93. The summed E-state index contributed by atoms with van der Waals surface area (Å²) in [5, 5.41) is 4.66. The Morgan fingerprint density at radius 1 is 1.11 bits per heavy atom. The quantitative estimate of drug-likeness (QED) is 0.287. The maximum Gasteiger partial charge on any atom is 0.419 e. The van der Waals surface area contributed by atoms with Gasteiger partial charge in [-0.05, 0) is 81.3 Å². The molecule has 2 atom stereocenters. The van der Waals surface area contributed by atoms with Gasteiger partial charge in [0.25, 0.3) is 0 Å². The zero-order chi connectivity index (χ0) is 31.4. The number of benzene rings is 2. The summed E-state index contributed by atoms with van der Waals surface area (Å²) in [7, 11) is 1.76. The van der Waals surface area contributed by atoms with Crippen LogP contribution < -0.4 is 20.4 Å². The Hall–Kier alpha value is -2.89. The Morgan fingerprint density at radius 3 is 2.57 bits per heavy atom. The highest BCUT2D eigenvalue weighted by Gasteiger charge is 2.40. The van der Waals surface area contributed by atoms with Crippen LogP contribution >= 0.6 is 11.9 Å². The fourth-order valence-electron chi connectivity index (χ4n) is 7.22. The summed E-state index contributed by atoms with van der Waals surface area (Å²) in [4.78, 5) is 15.5. The molecule has 2 aromatic carbocycles. The van der Waals surface area contributed by atoms with Crippen molar-refractivity contribution >= 4 is 34.6 Å². The van der Waals surface area contributed by atoms with E-state index in [2.05, 4.69) is 21.4 Å². The molecule has 2 amide bonds. The number of nitrogens with zero attached hydrogens (tertiary/aromatic N) is 3. The second kappa shape index (κ2) is 11.8. The van der Waals surface area contributed by atoms with E-state index in [-0.39, 0.29) is 36.3 Å². The molecule has 0 spiro atoms. The van der Waals surface area contributed by atoms with E-state index in [1.54, 1.807) is 22.4 Å². The predicted molar refractivity (Wildman–Crippen MR) is 171 cm³/mol. The number of anilines is 1. The largest absolute Gasteiger partial charge is 0.492 e. The molecule has 0 radical (unpaired) electrons. The first kappa shape index (κ1) is 31.1. The Labute approximate surface area is 261 Å². The standard InChI is InChI=1S/C33H42F3N5O2S/c1-6-44-41-31(42)39(5)23-15-16-24-27(17-23)40-18-22(20(2)37-32(3,4)38-41)19-43-30-25(13-10-14-26(30)33(34,35)36)29(40)28(24)21-11-8-7-9-12-21/h10,13-17,20-22,37-38H,6-9,11-12,18-19H2,1-5H3/t20?,22-/m0/s1. The molecule has 3 heterocycles. The Balaban J connectivity index is 1.66. The van der Waals surface area contributed by atoms with E-state index in [4.69, 9.17) is 4.74 Å². The first-order valence-electron chi connectivity index (χ1n) is 15.7. The van der Waals surface area contributed by atoms with Crippen LogP contribution in [0.1, 0.15) is 76.8 Å². The van der Waals surface area contributed by atoms with Gasteiger partial charge < -0.3 is 9.30 Å². The van der Waals surface area contributed by atoms with Crippen LogP contribution in [0.3, 0.4) is 0 Å². The van der Waals surface area contributed by atoms with Gasteiger partial charge in [0.1, 0.15) is 5.75 Å². The Bertz CT molecular complexity index is 1550. The molecular weight excluding hydrogens is 587 g/mol. The maximum absolute atomic E-state index is 14.5. The molecule has 1 aromatic heterocycles. The van der Waals surface area contributed by atoms with Gasteiger partial charge in [-0.3, -0.25) is 10.2 Å². The molecule has 1 fully saturated rings. The van der Waals surface area contributed by atoms with E-state index in [0.29, 0.717) is 17.9 Å². The number of hydrogen-bond donors (Lipinski definition) is 2. The third-order valence-electron chi connectivity index (χ3n) is 9.32. The number of ether oxygens (including phenoxy) is 1. The van der Waals surface area contributed by atoms with Gasteiger partial charge in [0.05, 0.1) is 29.0 Å². The highest BCUT2D eigenvalue weighted by Crippen LogP contribution is 2.50. The smallest absolute Gasteiger partial charge is 0.419 e. The van der Waals surface area contributed by atoms with Crippen LogP contribution in [-0.2, 0) is 12.7 Å². The molecule has 7 nitrogen and oxygen atoms in total. The molecule has 2 N–H and O–H groups in total. The molecular formula is C33H42F3N5O2S. The van der Waals surface area contributed by atoms with Gasteiger partial charge in [-0.1, -0.05) is 38.3 Å². The SMILES string of the molecule is CCSN1NC(C)(C)NC(C)[C@@H]2COc3c(cccc3C(F)(F)F)-c3c(C4CCCCC4)c4ccc(cc4n3C2)N(C)C1=O. The van der Waals surface area contributed by atoms with E-state index < -0.39 is 17.4 Å². The minimum absolute atomic E-state index is 0.0993. The lowest BCUT2D eigenvalue weighted by Crippen LogP contribution is -2.63. The normalized spacial score (nSPS) is 23.0. The van der Waals surface area contributed by atoms with Crippen molar-refractivity contribution in [2.24, 2.45) is 5.92 Å². The van der Waals surface area contributed by atoms with E-state index in [1.807, 2.05) is 39.8 Å². The lowest BCUT2D eigenvalue weighted by Gasteiger charge is -2.39. The van der Waals surface area contributed by atoms with Crippen LogP contribution in [0.4, 0.5) is 23.7 Å². The minimum Gasteiger partial charge on any atom is -0.492 e. The minimum atomic E-state index is -4.56. The first-order valence-corrected chi connectivity index (χ1v) is 16.6. The zero-order valence-electron chi connectivity index (χ0n) is 26.1. The van der Waals surface area contributed by atoms with Crippen molar-refractivity contribution in [2.75, 3.05) is 24.3 Å². The fraction of sp³-hybridized carbons (Fsp3) is 0.545. The Morgan fingerprint density at radius 2 is 1.86 bits per heavy atom. The van der Waals surface area contributed by atoms with Crippen LogP contribution in [0.2, 0.25) is 0 Å². The number of fused-ring (bicyclic) bond motifs is 4. The van der Waals surface area contributed by atoms with Gasteiger partial charge in [-0.15, -0.1) is 0 Å². The molecule has 238 valence electrons. The molecule has 1 unspecified atom stereocenters. The maximum atomic E-state index is 14.5. The third kappa shape index (κ3) is 5.67. The van der Waals surface area contributed by atoms with Crippen molar-refractivity contribution in [1.82, 2.24) is 19.7 Å². The molecule has 3 aliphatic rings. The van der Waals surface area contributed by atoms with Crippen molar-refractivity contribution in [1.29, 1.82) is 0 Å². The average molecular weight is 630 g/mol. The number of para-hydroxylation sites is 1. The summed E-state index contributed by atoms with van der Waals surface area (Å²) in [6, 6.07) is 10.1. The molecule has 3 aromatic rings. The van der Waals surface area contributed by atoms with E-state index in [0.717, 1.165) is 59.6 Å². The number of carbonyl (C=O) groups excluding carboxylic acids is 1. The van der Waals surface area contributed by atoms with Crippen molar-refractivity contribution < 1.29 is 22.7 Å². The average Bonchev–Trinajstić information content (AvgIpc) is 3.28. The third-order valence-corrected chi connectivity index (χ3v) is 10.1. The summed E-state index contributed by atoms with van der Waals surface area (Å²) in [6.07, 6.45) is 0.773. The second-order valence-electron chi connectivity index (χ2n) is 12.9. The molecule has 2 aliphatic heterocycles. The number of hydrogen-bond acceptors (Lipinski definition) is 5. The van der Waals surface area contributed by atoms with Crippen LogP contribution in [0.5, 0.6) is 5.75 Å². The van der Waals surface area contributed by atoms with Gasteiger partial charge in [-0.2, -0.15) is 17.6 Å². The van der Waals surface area contributed by atoms with E-state index in [9.17, 15) is 18.0 Å². The van der Waals surface area contributed by atoms with Crippen molar-refractivity contribution in [3.63, 3.8) is 0 Å². The Kier molecular flexibility index (Phi) is 8.34. The van der Waals surface area contributed by atoms with Gasteiger partial charge in [-0.25, -0.2) is 10.2 Å². The summed E-state index contributed by atoms with van der Waals surface area (Å²) in [5.74, 6) is 0.633. The molecule has 1 saturated carbocycles. The highest BCUT2D eigenvalue weighted by molar-refractivity contribution is 7.97. The topological polar surface area (TPSA) is 61.8 Å². The number of halogens is 3. The number of alkyl halides is 3. The van der Waals surface area contributed by atoms with Crippen LogP contribution in [0, 0.1) is 5.92 Å². The van der Waals surface area contributed by atoms with Crippen molar-refractivity contribution in [3.05, 3.63) is 47.5 Å². The zero-order valence-corrected chi connectivity index (χ0v) is 26.9. The summed E-state index contributed by atoms with van der Waals surface area (Å²) >= 11 is 1.38. The number of urea groups is 1. The number of aromatic nitrogens is 1. The summed E-state index contributed by atoms with van der Waals surface area (Å²) < 4.78 is 53.5. The fourth-order valence-corrected chi connectivity index (χ4v) is 8.01. The number of nitrogens with one attached hydrogen (secondary N) is 2. The molecule has 44 heavy (non-hydrogen) atoms. The van der Waals surface area contributed by atoms with Gasteiger partial charge in [0.15, 0.2) is 0 Å². The van der Waals surface area contributed by atoms with Gasteiger partial charge >= 0.3 is 12.2 Å². The predicted octanol–water partition coefficient (Wildman–Crippen LogP) is 8.14. The molecule has 0 saturated heterocycles. The second-order valence-corrected chi connectivity index (χ2v) is 14.1. The molecule has 1 aliphatic carbocycles. The van der Waals surface area contributed by atoms with Crippen LogP contribution in [0.15, 0.2) is 36.4 Å². The number of rotatable bonds is 3. The number of hydrazine groups is 1. The van der Waals surface area contributed by atoms with Crippen molar-refractivity contribution in [2.45, 2.75) is 90.1 Å². The van der Waals surface area contributed by atoms with Gasteiger partial charge in [0, 0.05) is 47.9 Å². The van der Waals surface area contributed by atoms with E-state index in [1.165, 1.54) is 24.4 Å². The van der Waals surface area contributed by atoms with Crippen LogP contribution in [-0.4, -0.2) is 46.1 Å². The molecule has 11 heteroatoms. The lowest BCUT2D eigenvalue weighted by molar-refractivity contribution is -0.139. The van der Waals surface area contributed by atoms with Crippen LogP contribution in [0.25, 0.3) is 22.2 Å². The van der Waals surface area contributed by atoms with Gasteiger partial charge in [0.2, 0.25) is 0 Å². The summed E-state index contributed by atoms with van der Waals surface area (Å²) in [6.45, 7) is 8.61. The van der Waals surface area contributed by atoms with E-state index >= 15 is 0 Å². The number of amides is 2. The molecule has 6 rings (SSSR count). The molecule has 4 bridgehead atoms. The highest BCUT2D eigenvalue weighted by atomic mass is 32.2.